The van der Waals surface area contributed by atoms with Gasteiger partial charge in [0.1, 0.15) is 5.76 Å². The average molecular weight is 385 g/mol. The highest BCUT2D eigenvalue weighted by Crippen LogP contribution is 2.14. The maximum absolute atomic E-state index is 12.8. The van der Waals surface area contributed by atoms with Gasteiger partial charge in [-0.3, -0.25) is 14.2 Å². The van der Waals surface area contributed by atoms with Gasteiger partial charge >= 0.3 is 0 Å². The van der Waals surface area contributed by atoms with E-state index in [9.17, 15) is 9.59 Å². The molecule has 3 heterocycles. The van der Waals surface area contributed by atoms with E-state index >= 15 is 0 Å². The second-order valence-electron chi connectivity index (χ2n) is 6.91. The van der Waals surface area contributed by atoms with Crippen molar-refractivity contribution >= 4 is 29.0 Å². The van der Waals surface area contributed by atoms with Crippen LogP contribution in [0.25, 0.3) is 10.9 Å². The van der Waals surface area contributed by atoms with E-state index in [4.69, 9.17) is 16.6 Å². The first-order valence-electron chi connectivity index (χ1n) is 8.93. The summed E-state index contributed by atoms with van der Waals surface area (Å²) >= 11 is 5.35. The maximum atomic E-state index is 12.8. The number of carbonyl (C=O) groups is 1. The second-order valence-corrected chi connectivity index (χ2v) is 7.30. The van der Waals surface area contributed by atoms with Crippen LogP contribution >= 0.6 is 12.2 Å². The average Bonchev–Trinajstić information content (AvgIpc) is 3.18. The van der Waals surface area contributed by atoms with Gasteiger partial charge in [-0.1, -0.05) is 0 Å². The van der Waals surface area contributed by atoms with Crippen LogP contribution in [0.15, 0.2) is 45.8 Å². The first kappa shape index (κ1) is 17.7. The molecule has 1 aliphatic heterocycles. The third-order valence-corrected chi connectivity index (χ3v) is 5.35. The number of amides is 1. The molecular weight excluding hydrogens is 364 g/mol. The Bertz CT molecular complexity index is 1090. The van der Waals surface area contributed by atoms with E-state index in [2.05, 4.69) is 12.0 Å². The molecule has 3 aromatic rings. The van der Waals surface area contributed by atoms with Crippen molar-refractivity contribution in [2.45, 2.75) is 6.54 Å². The third kappa shape index (κ3) is 3.45. The van der Waals surface area contributed by atoms with Crippen LogP contribution in [-0.4, -0.2) is 53.6 Å². The summed E-state index contributed by atoms with van der Waals surface area (Å²) in [5.41, 5.74) is 0.939. The van der Waals surface area contributed by atoms with Crippen molar-refractivity contribution in [3.8, 4) is 0 Å². The molecule has 0 radical (unpaired) electrons. The predicted molar refractivity (Wildman–Crippen MR) is 104 cm³/mol. The molecule has 0 spiro atoms. The van der Waals surface area contributed by atoms with Gasteiger partial charge in [0.2, 0.25) is 0 Å². The fourth-order valence-electron chi connectivity index (χ4n) is 3.36. The van der Waals surface area contributed by atoms with Crippen molar-refractivity contribution < 1.29 is 14.1 Å². The summed E-state index contributed by atoms with van der Waals surface area (Å²) in [5, 5.41) is 0.495. The van der Waals surface area contributed by atoms with Crippen LogP contribution in [0.1, 0.15) is 16.1 Å². The summed E-state index contributed by atoms with van der Waals surface area (Å²) in [6.07, 6.45) is 1.56. The molecule has 0 saturated carbocycles. The topological polar surface area (TPSA) is 75.7 Å². The SMILES string of the molecule is C[NH+]1CCN(C(=O)c2ccc3c(=O)n(Cc4ccco4)c(=S)[nH]c3c2)CC1. The minimum atomic E-state index is -0.202. The molecule has 0 unspecified atom stereocenters. The molecule has 1 aromatic carbocycles. The molecule has 1 aliphatic rings. The number of hydrogen-bond acceptors (Lipinski definition) is 4. The van der Waals surface area contributed by atoms with E-state index in [1.807, 2.05) is 4.90 Å². The smallest absolute Gasteiger partial charge is 0.262 e. The predicted octanol–water partition coefficient (Wildman–Crippen LogP) is 0.671. The van der Waals surface area contributed by atoms with Crippen LogP contribution < -0.4 is 10.5 Å². The van der Waals surface area contributed by atoms with Crippen molar-refractivity contribution in [2.24, 2.45) is 0 Å². The minimum Gasteiger partial charge on any atom is -0.467 e. The van der Waals surface area contributed by atoms with E-state index in [1.165, 1.54) is 9.47 Å². The fraction of sp³-hybridized carbons (Fsp3) is 0.316. The number of nitrogens with zero attached hydrogens (tertiary/aromatic N) is 2. The molecule has 1 saturated heterocycles. The molecule has 2 aromatic heterocycles. The van der Waals surface area contributed by atoms with Crippen LogP contribution in [0.5, 0.6) is 0 Å². The Morgan fingerprint density at radius 3 is 2.78 bits per heavy atom. The quantitative estimate of drug-likeness (QED) is 0.650. The summed E-state index contributed by atoms with van der Waals surface area (Å²) in [4.78, 5) is 32.0. The third-order valence-electron chi connectivity index (χ3n) is 5.03. The number of aromatic nitrogens is 2. The number of carbonyl (C=O) groups excluding carboxylic acids is 1. The number of hydrogen-bond donors (Lipinski definition) is 2. The Morgan fingerprint density at radius 1 is 1.30 bits per heavy atom. The molecule has 0 bridgehead atoms. The standard InChI is InChI=1S/C19H20N4O3S/c1-21-6-8-22(9-7-21)17(24)13-4-5-15-16(11-13)20-19(27)23(18(15)25)12-14-3-2-10-26-14/h2-5,10-11H,6-9,12H2,1H3,(H,20,27)/p+1. The van der Waals surface area contributed by atoms with Gasteiger partial charge in [0.15, 0.2) is 4.77 Å². The second kappa shape index (κ2) is 7.13. The van der Waals surface area contributed by atoms with Gasteiger partial charge < -0.3 is 19.2 Å². The van der Waals surface area contributed by atoms with Crippen LogP contribution in [0.4, 0.5) is 0 Å². The van der Waals surface area contributed by atoms with Crippen molar-refractivity contribution in [1.82, 2.24) is 14.5 Å². The fourth-order valence-corrected chi connectivity index (χ4v) is 3.62. The number of benzene rings is 1. The van der Waals surface area contributed by atoms with E-state index in [-0.39, 0.29) is 18.0 Å². The van der Waals surface area contributed by atoms with E-state index in [1.54, 1.807) is 36.6 Å². The monoisotopic (exact) mass is 385 g/mol. The van der Waals surface area contributed by atoms with Crippen molar-refractivity contribution in [1.29, 1.82) is 0 Å². The lowest BCUT2D eigenvalue weighted by atomic mass is 10.1. The summed E-state index contributed by atoms with van der Waals surface area (Å²) in [7, 11) is 2.13. The lowest BCUT2D eigenvalue weighted by molar-refractivity contribution is -0.883. The van der Waals surface area contributed by atoms with Crippen LogP contribution in [0.3, 0.4) is 0 Å². The zero-order valence-electron chi connectivity index (χ0n) is 15.0. The van der Waals surface area contributed by atoms with Gasteiger partial charge in [-0.15, -0.1) is 0 Å². The number of quaternary nitrogens is 1. The minimum absolute atomic E-state index is 0.0107. The van der Waals surface area contributed by atoms with E-state index in [0.717, 1.165) is 26.2 Å². The Balaban J connectivity index is 1.68. The Labute approximate surface area is 160 Å². The highest BCUT2D eigenvalue weighted by Gasteiger charge is 2.22. The Hall–Kier alpha value is -2.71. The largest absolute Gasteiger partial charge is 0.467 e. The summed E-state index contributed by atoms with van der Waals surface area (Å²) in [6, 6.07) is 8.69. The number of likely N-dealkylation sites (N-methyl/N-ethyl adjacent to an activating group) is 1. The number of furan rings is 1. The maximum Gasteiger partial charge on any atom is 0.262 e. The lowest BCUT2D eigenvalue weighted by Crippen LogP contribution is -3.12. The number of nitrogens with one attached hydrogen (secondary N) is 2. The lowest BCUT2D eigenvalue weighted by Gasteiger charge is -2.30. The molecule has 8 heteroatoms. The molecule has 0 aliphatic carbocycles. The van der Waals surface area contributed by atoms with Crippen molar-refractivity contribution in [2.75, 3.05) is 33.2 Å². The van der Waals surface area contributed by atoms with Gasteiger partial charge in [0.05, 0.1) is 56.9 Å². The number of aromatic amines is 1. The molecule has 7 nitrogen and oxygen atoms in total. The van der Waals surface area contributed by atoms with Crippen LogP contribution in [0, 0.1) is 4.77 Å². The van der Waals surface area contributed by atoms with Crippen LogP contribution in [-0.2, 0) is 6.54 Å². The van der Waals surface area contributed by atoms with Gasteiger partial charge in [0.25, 0.3) is 11.5 Å². The first-order chi connectivity index (χ1) is 13.0. The van der Waals surface area contributed by atoms with Gasteiger partial charge in [0, 0.05) is 5.56 Å². The molecule has 27 heavy (non-hydrogen) atoms. The molecule has 4 rings (SSSR count). The molecule has 2 N–H and O–H groups in total. The number of H-pyrrole nitrogens is 1. The normalized spacial score (nSPS) is 15.4. The zero-order chi connectivity index (χ0) is 19.0. The van der Waals surface area contributed by atoms with Gasteiger partial charge in [-0.2, -0.15) is 0 Å². The van der Waals surface area contributed by atoms with E-state index in [0.29, 0.717) is 27.0 Å². The Morgan fingerprint density at radius 2 is 2.07 bits per heavy atom. The summed E-state index contributed by atoms with van der Waals surface area (Å²) in [6.45, 7) is 3.63. The molecule has 140 valence electrons. The van der Waals surface area contributed by atoms with E-state index < -0.39 is 0 Å². The number of fused-ring (bicyclic) bond motifs is 1. The van der Waals surface area contributed by atoms with Gasteiger partial charge in [-0.05, 0) is 42.5 Å². The van der Waals surface area contributed by atoms with Crippen molar-refractivity contribution in [3.63, 3.8) is 0 Å². The molecular formula is C19H21N4O3S+. The first-order valence-corrected chi connectivity index (χ1v) is 9.33. The zero-order valence-corrected chi connectivity index (χ0v) is 15.8. The highest BCUT2D eigenvalue weighted by molar-refractivity contribution is 7.71. The molecule has 0 atom stereocenters. The van der Waals surface area contributed by atoms with Crippen LogP contribution in [0.2, 0.25) is 0 Å². The van der Waals surface area contributed by atoms with Crippen molar-refractivity contribution in [3.05, 3.63) is 63.0 Å². The number of rotatable bonds is 3. The molecule has 1 fully saturated rings. The summed E-state index contributed by atoms with van der Waals surface area (Å²) in [5.74, 6) is 0.642. The molecule has 1 amide bonds. The van der Waals surface area contributed by atoms with Gasteiger partial charge in [-0.25, -0.2) is 0 Å². The highest BCUT2D eigenvalue weighted by atomic mass is 32.1. The summed E-state index contributed by atoms with van der Waals surface area (Å²) < 4.78 is 7.08. The number of piperazine rings is 1. The Kier molecular flexibility index (Phi) is 4.67.